The predicted octanol–water partition coefficient (Wildman–Crippen LogP) is 2.81. The molecule has 0 unspecified atom stereocenters. The van der Waals surface area contributed by atoms with E-state index in [0.29, 0.717) is 44.8 Å². The monoisotopic (exact) mass is 420 g/mol. The van der Waals surface area contributed by atoms with Crippen LogP contribution in [0.25, 0.3) is 6.08 Å². The average Bonchev–Trinajstić information content (AvgIpc) is 2.84. The molecule has 2 saturated heterocycles. The van der Waals surface area contributed by atoms with Gasteiger partial charge in [0.15, 0.2) is 0 Å². The topological polar surface area (TPSA) is 74.8 Å². The highest BCUT2D eigenvalue weighted by atomic mass is 16.5. The zero-order chi connectivity index (χ0) is 21.5. The van der Waals surface area contributed by atoms with Gasteiger partial charge >= 0.3 is 0 Å². The van der Waals surface area contributed by atoms with Crippen molar-refractivity contribution < 1.29 is 14.3 Å². The summed E-state index contributed by atoms with van der Waals surface area (Å²) in [7, 11) is 0. The number of hydrogen-bond acceptors (Lipinski definition) is 5. The largest absolute Gasteiger partial charge is 0.378 e. The molecule has 31 heavy (non-hydrogen) atoms. The van der Waals surface area contributed by atoms with Crippen molar-refractivity contribution >= 4 is 29.4 Å². The molecule has 7 heteroatoms. The number of likely N-dealkylation sites (tertiary alicyclic amines) is 1. The molecule has 1 aromatic heterocycles. The average molecular weight is 421 g/mol. The number of nitrogens with one attached hydrogen (secondary N) is 1. The maximum Gasteiger partial charge on any atom is 0.246 e. The Balaban J connectivity index is 1.24. The van der Waals surface area contributed by atoms with Gasteiger partial charge in [0.05, 0.1) is 25.1 Å². The van der Waals surface area contributed by atoms with E-state index in [-0.39, 0.29) is 17.7 Å². The number of amides is 2. The van der Waals surface area contributed by atoms with Crippen LogP contribution in [0, 0.1) is 5.92 Å². The van der Waals surface area contributed by atoms with Crippen molar-refractivity contribution in [2.24, 2.45) is 5.92 Å². The van der Waals surface area contributed by atoms with Crippen molar-refractivity contribution in [3.05, 3.63) is 60.3 Å². The van der Waals surface area contributed by atoms with Crippen LogP contribution in [-0.4, -0.2) is 61.1 Å². The fourth-order valence-electron chi connectivity index (χ4n) is 3.88. The molecular formula is C24H28N4O3. The van der Waals surface area contributed by atoms with Gasteiger partial charge in [-0.05, 0) is 36.6 Å². The second-order valence-corrected chi connectivity index (χ2v) is 7.84. The third-order valence-corrected chi connectivity index (χ3v) is 5.75. The van der Waals surface area contributed by atoms with Gasteiger partial charge in [0.25, 0.3) is 0 Å². The van der Waals surface area contributed by atoms with Gasteiger partial charge in [-0.1, -0.05) is 30.3 Å². The van der Waals surface area contributed by atoms with E-state index >= 15 is 0 Å². The SMILES string of the molecule is O=C(Nc1ccc(N2CCOCC2)nc1)C1CCN(C(=O)/C=C/c2ccccc2)CC1. The summed E-state index contributed by atoms with van der Waals surface area (Å²) >= 11 is 0. The molecule has 3 heterocycles. The minimum Gasteiger partial charge on any atom is -0.378 e. The van der Waals surface area contributed by atoms with Gasteiger partial charge in [-0.25, -0.2) is 4.98 Å². The van der Waals surface area contributed by atoms with Gasteiger partial charge < -0.3 is 19.9 Å². The lowest BCUT2D eigenvalue weighted by Crippen LogP contribution is -2.40. The first-order valence-corrected chi connectivity index (χ1v) is 10.8. The van der Waals surface area contributed by atoms with Crippen LogP contribution in [0.3, 0.4) is 0 Å². The van der Waals surface area contributed by atoms with Crippen LogP contribution in [0.4, 0.5) is 11.5 Å². The molecule has 0 saturated carbocycles. The van der Waals surface area contributed by atoms with Gasteiger partial charge in [-0.2, -0.15) is 0 Å². The summed E-state index contributed by atoms with van der Waals surface area (Å²) in [5.41, 5.74) is 1.70. The Morgan fingerprint density at radius 3 is 2.42 bits per heavy atom. The van der Waals surface area contributed by atoms with E-state index in [4.69, 9.17) is 4.74 Å². The summed E-state index contributed by atoms with van der Waals surface area (Å²) < 4.78 is 5.37. The molecule has 1 aromatic carbocycles. The van der Waals surface area contributed by atoms with E-state index in [1.54, 1.807) is 12.3 Å². The van der Waals surface area contributed by atoms with Crippen LogP contribution < -0.4 is 10.2 Å². The van der Waals surface area contributed by atoms with Crippen molar-refractivity contribution in [3.8, 4) is 0 Å². The summed E-state index contributed by atoms with van der Waals surface area (Å²) in [5, 5.41) is 2.97. The number of benzene rings is 1. The Labute approximate surface area is 182 Å². The number of pyridine rings is 1. The predicted molar refractivity (Wildman–Crippen MR) is 121 cm³/mol. The summed E-state index contributed by atoms with van der Waals surface area (Å²) in [4.78, 5) is 33.5. The van der Waals surface area contributed by atoms with Gasteiger partial charge in [0, 0.05) is 38.2 Å². The Bertz CT molecular complexity index is 900. The molecule has 0 aliphatic carbocycles. The Hall–Kier alpha value is -3.19. The van der Waals surface area contributed by atoms with Crippen LogP contribution in [0.15, 0.2) is 54.7 Å². The Morgan fingerprint density at radius 2 is 1.74 bits per heavy atom. The van der Waals surface area contributed by atoms with Crippen molar-refractivity contribution in [2.75, 3.05) is 49.6 Å². The molecule has 2 aromatic rings. The molecule has 2 fully saturated rings. The summed E-state index contributed by atoms with van der Waals surface area (Å²) in [6, 6.07) is 13.6. The molecule has 0 bridgehead atoms. The molecule has 162 valence electrons. The standard InChI is InChI=1S/C24H28N4O3/c29-23(9-6-19-4-2-1-3-5-19)28-12-10-20(11-13-28)24(30)26-21-7-8-22(25-18-21)27-14-16-31-17-15-27/h1-9,18,20H,10-17H2,(H,26,30)/b9-6+. The molecule has 2 aliphatic rings. The first-order chi connectivity index (χ1) is 15.2. The lowest BCUT2D eigenvalue weighted by Gasteiger charge is -2.30. The quantitative estimate of drug-likeness (QED) is 0.753. The van der Waals surface area contributed by atoms with Gasteiger partial charge in [-0.3, -0.25) is 9.59 Å². The van der Waals surface area contributed by atoms with Crippen LogP contribution in [-0.2, 0) is 14.3 Å². The van der Waals surface area contributed by atoms with E-state index in [9.17, 15) is 9.59 Å². The molecule has 4 rings (SSSR count). The minimum atomic E-state index is -0.0962. The van der Waals surface area contributed by atoms with Crippen molar-refractivity contribution in [2.45, 2.75) is 12.8 Å². The molecule has 0 radical (unpaired) electrons. The first kappa shape index (κ1) is 21.1. The highest BCUT2D eigenvalue weighted by molar-refractivity contribution is 5.94. The second-order valence-electron chi connectivity index (χ2n) is 7.84. The summed E-state index contributed by atoms with van der Waals surface area (Å²) in [5.74, 6) is 0.788. The number of piperidine rings is 1. The third kappa shape index (κ3) is 5.70. The van der Waals surface area contributed by atoms with E-state index in [1.165, 1.54) is 0 Å². The number of carbonyl (C=O) groups is 2. The molecule has 2 aliphatic heterocycles. The maximum absolute atomic E-state index is 12.7. The molecule has 2 amide bonds. The van der Waals surface area contributed by atoms with E-state index in [0.717, 1.165) is 24.5 Å². The molecule has 0 spiro atoms. The third-order valence-electron chi connectivity index (χ3n) is 5.75. The van der Waals surface area contributed by atoms with E-state index in [1.807, 2.05) is 53.4 Å². The zero-order valence-electron chi connectivity index (χ0n) is 17.6. The van der Waals surface area contributed by atoms with Gasteiger partial charge in [0.1, 0.15) is 5.82 Å². The van der Waals surface area contributed by atoms with E-state index in [2.05, 4.69) is 15.2 Å². The number of nitrogens with zero attached hydrogens (tertiary/aromatic N) is 3. The normalized spacial score (nSPS) is 17.7. The van der Waals surface area contributed by atoms with Crippen molar-refractivity contribution in [3.63, 3.8) is 0 Å². The van der Waals surface area contributed by atoms with Crippen LogP contribution in [0.5, 0.6) is 0 Å². The fraction of sp³-hybridized carbons (Fsp3) is 0.375. The zero-order valence-corrected chi connectivity index (χ0v) is 17.6. The summed E-state index contributed by atoms with van der Waals surface area (Å²) in [6.07, 6.45) is 6.47. The van der Waals surface area contributed by atoms with Crippen LogP contribution in [0.2, 0.25) is 0 Å². The molecule has 7 nitrogen and oxygen atoms in total. The fourth-order valence-corrected chi connectivity index (χ4v) is 3.88. The Kier molecular flexibility index (Phi) is 6.94. The second kappa shape index (κ2) is 10.2. The van der Waals surface area contributed by atoms with Crippen molar-refractivity contribution in [1.29, 1.82) is 0 Å². The maximum atomic E-state index is 12.7. The number of hydrogen-bond donors (Lipinski definition) is 1. The van der Waals surface area contributed by atoms with Crippen LogP contribution >= 0.6 is 0 Å². The smallest absolute Gasteiger partial charge is 0.246 e. The Morgan fingerprint density at radius 1 is 1.00 bits per heavy atom. The number of morpholine rings is 1. The molecule has 0 atom stereocenters. The number of aromatic nitrogens is 1. The van der Waals surface area contributed by atoms with Gasteiger partial charge in [0.2, 0.25) is 11.8 Å². The van der Waals surface area contributed by atoms with E-state index < -0.39 is 0 Å². The highest BCUT2D eigenvalue weighted by Gasteiger charge is 2.26. The minimum absolute atomic E-state index is 0.00662. The first-order valence-electron chi connectivity index (χ1n) is 10.8. The highest BCUT2D eigenvalue weighted by Crippen LogP contribution is 2.21. The van der Waals surface area contributed by atoms with Crippen molar-refractivity contribution in [1.82, 2.24) is 9.88 Å². The van der Waals surface area contributed by atoms with Crippen LogP contribution in [0.1, 0.15) is 18.4 Å². The summed E-state index contributed by atoms with van der Waals surface area (Å²) in [6.45, 7) is 4.26. The molecule has 1 N–H and O–H groups in total. The number of anilines is 2. The molecular weight excluding hydrogens is 392 g/mol. The van der Waals surface area contributed by atoms with Gasteiger partial charge in [-0.15, -0.1) is 0 Å². The number of carbonyl (C=O) groups excluding carboxylic acids is 2. The number of rotatable bonds is 5. The lowest BCUT2D eigenvalue weighted by molar-refractivity contribution is -0.130. The lowest BCUT2D eigenvalue weighted by atomic mass is 9.95. The number of ether oxygens (including phenoxy) is 1.